The van der Waals surface area contributed by atoms with E-state index in [1.807, 2.05) is 23.8 Å². The Morgan fingerprint density at radius 1 is 1.69 bits per heavy atom. The Hall–Kier alpha value is -1.29. The first-order chi connectivity index (χ1) is 7.72. The third-order valence-electron chi connectivity index (χ3n) is 3.04. The number of hydrogen-bond acceptors (Lipinski definition) is 2. The maximum absolute atomic E-state index is 11.8. The Balaban J connectivity index is 1.87. The van der Waals surface area contributed by atoms with Gasteiger partial charge in [-0.2, -0.15) is 0 Å². The molecule has 0 aromatic carbocycles. The summed E-state index contributed by atoms with van der Waals surface area (Å²) in [4.78, 5) is 11.8. The van der Waals surface area contributed by atoms with Crippen LogP contribution in [0.5, 0.6) is 0 Å². The molecule has 0 spiro atoms. The molecule has 2 rings (SSSR count). The molecule has 88 valence electrons. The maximum atomic E-state index is 11.8. The van der Waals surface area contributed by atoms with Gasteiger partial charge in [0.25, 0.3) is 5.91 Å². The standard InChI is InChI=1S/C12H18N2O2/c1-2-14-7-3-4-10(14)12(16)13-8-11(15)9-5-6-9/h3-4,7,9,11,15H,2,5-6,8H2,1H3,(H,13,16). The minimum absolute atomic E-state index is 0.105. The van der Waals surface area contributed by atoms with Crippen molar-refractivity contribution in [2.75, 3.05) is 6.54 Å². The van der Waals surface area contributed by atoms with Crippen LogP contribution in [0.1, 0.15) is 30.3 Å². The molecule has 16 heavy (non-hydrogen) atoms. The average Bonchev–Trinajstić information content (AvgIpc) is 3.03. The van der Waals surface area contributed by atoms with Crippen molar-refractivity contribution in [3.8, 4) is 0 Å². The van der Waals surface area contributed by atoms with E-state index in [4.69, 9.17) is 0 Å². The van der Waals surface area contributed by atoms with E-state index in [-0.39, 0.29) is 12.0 Å². The van der Waals surface area contributed by atoms with E-state index in [0.29, 0.717) is 18.2 Å². The van der Waals surface area contributed by atoms with Crippen LogP contribution in [0.3, 0.4) is 0 Å². The molecule has 1 atom stereocenters. The number of nitrogens with one attached hydrogen (secondary N) is 1. The van der Waals surface area contributed by atoms with Crippen LogP contribution in [0.25, 0.3) is 0 Å². The van der Waals surface area contributed by atoms with Gasteiger partial charge in [0.1, 0.15) is 5.69 Å². The molecule has 1 aliphatic carbocycles. The van der Waals surface area contributed by atoms with Crippen LogP contribution in [0.4, 0.5) is 0 Å². The van der Waals surface area contributed by atoms with Gasteiger partial charge in [-0.05, 0) is 37.8 Å². The fourth-order valence-electron chi connectivity index (χ4n) is 1.83. The van der Waals surface area contributed by atoms with E-state index in [2.05, 4.69) is 5.32 Å². The second-order valence-electron chi connectivity index (χ2n) is 4.29. The van der Waals surface area contributed by atoms with Gasteiger partial charge in [0.05, 0.1) is 6.10 Å². The zero-order valence-corrected chi connectivity index (χ0v) is 9.52. The monoisotopic (exact) mass is 222 g/mol. The molecule has 0 aliphatic heterocycles. The third-order valence-corrected chi connectivity index (χ3v) is 3.04. The lowest BCUT2D eigenvalue weighted by molar-refractivity contribution is 0.0892. The van der Waals surface area contributed by atoms with Gasteiger partial charge in [-0.3, -0.25) is 4.79 Å². The highest BCUT2D eigenvalue weighted by atomic mass is 16.3. The Kier molecular flexibility index (Phi) is 3.29. The zero-order valence-electron chi connectivity index (χ0n) is 9.52. The predicted octanol–water partition coefficient (Wildman–Crippen LogP) is 1.01. The first-order valence-corrected chi connectivity index (χ1v) is 5.83. The number of aromatic nitrogens is 1. The molecule has 1 aromatic rings. The molecule has 1 aliphatic rings. The van der Waals surface area contributed by atoms with Crippen molar-refractivity contribution < 1.29 is 9.90 Å². The molecule has 1 amide bonds. The largest absolute Gasteiger partial charge is 0.391 e. The smallest absolute Gasteiger partial charge is 0.267 e. The van der Waals surface area contributed by atoms with Gasteiger partial charge >= 0.3 is 0 Å². The fraction of sp³-hybridized carbons (Fsp3) is 0.583. The fourth-order valence-corrected chi connectivity index (χ4v) is 1.83. The van der Waals surface area contributed by atoms with Gasteiger partial charge < -0.3 is 15.0 Å². The normalized spacial score (nSPS) is 17.1. The van der Waals surface area contributed by atoms with Crippen molar-refractivity contribution in [3.05, 3.63) is 24.0 Å². The van der Waals surface area contributed by atoms with Crippen molar-refractivity contribution in [3.63, 3.8) is 0 Å². The van der Waals surface area contributed by atoms with Crippen molar-refractivity contribution in [1.29, 1.82) is 0 Å². The van der Waals surface area contributed by atoms with Gasteiger partial charge in [0, 0.05) is 19.3 Å². The first-order valence-electron chi connectivity index (χ1n) is 5.83. The van der Waals surface area contributed by atoms with E-state index < -0.39 is 0 Å². The van der Waals surface area contributed by atoms with Gasteiger partial charge in [0.2, 0.25) is 0 Å². The van der Waals surface area contributed by atoms with Gasteiger partial charge in [-0.15, -0.1) is 0 Å². The number of carbonyl (C=O) groups excluding carboxylic acids is 1. The lowest BCUT2D eigenvalue weighted by Crippen LogP contribution is -2.34. The molecule has 4 heteroatoms. The Morgan fingerprint density at radius 3 is 3.06 bits per heavy atom. The van der Waals surface area contributed by atoms with Crippen LogP contribution in [0.15, 0.2) is 18.3 Å². The van der Waals surface area contributed by atoms with Crippen molar-refractivity contribution in [2.45, 2.75) is 32.4 Å². The minimum Gasteiger partial charge on any atom is -0.391 e. The quantitative estimate of drug-likeness (QED) is 0.781. The SMILES string of the molecule is CCn1cccc1C(=O)NCC(O)C1CC1. The Morgan fingerprint density at radius 2 is 2.44 bits per heavy atom. The first kappa shape index (κ1) is 11.2. The van der Waals surface area contributed by atoms with Crippen molar-refractivity contribution in [2.24, 2.45) is 5.92 Å². The molecule has 1 fully saturated rings. The molecule has 1 aromatic heterocycles. The molecule has 1 heterocycles. The van der Waals surface area contributed by atoms with E-state index in [0.717, 1.165) is 19.4 Å². The number of carbonyl (C=O) groups is 1. The molecule has 0 saturated heterocycles. The molecule has 1 unspecified atom stereocenters. The molecular weight excluding hydrogens is 204 g/mol. The number of aryl methyl sites for hydroxylation is 1. The summed E-state index contributed by atoms with van der Waals surface area (Å²) >= 11 is 0. The predicted molar refractivity (Wildman–Crippen MR) is 61.2 cm³/mol. The van der Waals surface area contributed by atoms with E-state index >= 15 is 0 Å². The third kappa shape index (κ3) is 2.44. The molecule has 0 radical (unpaired) electrons. The number of nitrogens with zero attached hydrogens (tertiary/aromatic N) is 1. The van der Waals surface area contributed by atoms with Crippen LogP contribution < -0.4 is 5.32 Å². The summed E-state index contributed by atoms with van der Waals surface area (Å²) in [6.45, 7) is 3.13. The number of hydrogen-bond donors (Lipinski definition) is 2. The lowest BCUT2D eigenvalue weighted by atomic mass is 10.2. The van der Waals surface area contributed by atoms with Crippen molar-refractivity contribution >= 4 is 5.91 Å². The molecule has 0 bridgehead atoms. The molecular formula is C12H18N2O2. The van der Waals surface area contributed by atoms with Crippen LogP contribution in [0.2, 0.25) is 0 Å². The topological polar surface area (TPSA) is 54.3 Å². The highest BCUT2D eigenvalue weighted by molar-refractivity contribution is 5.92. The average molecular weight is 222 g/mol. The Bertz CT molecular complexity index is 369. The number of rotatable bonds is 5. The van der Waals surface area contributed by atoms with E-state index in [1.54, 1.807) is 6.07 Å². The molecule has 1 saturated carbocycles. The van der Waals surface area contributed by atoms with Gasteiger partial charge in [0.15, 0.2) is 0 Å². The van der Waals surface area contributed by atoms with Crippen LogP contribution in [-0.4, -0.2) is 28.2 Å². The summed E-state index contributed by atoms with van der Waals surface area (Å²) in [6, 6.07) is 3.65. The number of aliphatic hydroxyl groups excluding tert-OH is 1. The number of amides is 1. The summed E-state index contributed by atoms with van der Waals surface area (Å²) in [7, 11) is 0. The van der Waals surface area contributed by atoms with Crippen LogP contribution in [-0.2, 0) is 6.54 Å². The second-order valence-corrected chi connectivity index (χ2v) is 4.29. The summed E-state index contributed by atoms with van der Waals surface area (Å²) in [5.74, 6) is 0.296. The van der Waals surface area contributed by atoms with Gasteiger partial charge in [-0.25, -0.2) is 0 Å². The minimum atomic E-state index is -0.381. The second kappa shape index (κ2) is 4.70. The number of aliphatic hydroxyl groups is 1. The van der Waals surface area contributed by atoms with Crippen molar-refractivity contribution in [1.82, 2.24) is 9.88 Å². The van der Waals surface area contributed by atoms with E-state index in [9.17, 15) is 9.90 Å². The molecule has 2 N–H and O–H groups in total. The maximum Gasteiger partial charge on any atom is 0.267 e. The summed E-state index contributed by atoms with van der Waals surface area (Å²) < 4.78 is 1.89. The highest BCUT2D eigenvalue weighted by Gasteiger charge is 2.29. The van der Waals surface area contributed by atoms with Crippen LogP contribution in [0, 0.1) is 5.92 Å². The molecule has 4 nitrogen and oxygen atoms in total. The zero-order chi connectivity index (χ0) is 11.5. The highest BCUT2D eigenvalue weighted by Crippen LogP contribution is 2.32. The van der Waals surface area contributed by atoms with E-state index in [1.165, 1.54) is 0 Å². The summed E-state index contributed by atoms with van der Waals surface area (Å²) in [6.07, 6.45) is 3.67. The Labute approximate surface area is 95.3 Å². The lowest BCUT2D eigenvalue weighted by Gasteiger charge is -2.11. The summed E-state index contributed by atoms with van der Waals surface area (Å²) in [5.41, 5.74) is 0.658. The van der Waals surface area contributed by atoms with Crippen LogP contribution >= 0.6 is 0 Å². The van der Waals surface area contributed by atoms with Gasteiger partial charge in [-0.1, -0.05) is 0 Å². The summed E-state index contributed by atoms with van der Waals surface area (Å²) in [5, 5.41) is 12.4.